The molecule has 0 aliphatic heterocycles. The molecule has 15 heavy (non-hydrogen) atoms. The van der Waals surface area contributed by atoms with Gasteiger partial charge in [-0.2, -0.15) is 0 Å². The molecule has 2 amide bonds. The Bertz CT molecular complexity index is 331. The van der Waals surface area contributed by atoms with Crippen LogP contribution in [0.3, 0.4) is 0 Å². The van der Waals surface area contributed by atoms with Gasteiger partial charge >= 0.3 is 0 Å². The monoisotopic (exact) mass is 228 g/mol. The lowest BCUT2D eigenvalue weighted by Gasteiger charge is -1.96. The van der Waals surface area contributed by atoms with Crippen molar-refractivity contribution in [1.82, 2.24) is 10.2 Å². The first kappa shape index (κ1) is 11.6. The molecule has 2 N–H and O–H groups in total. The van der Waals surface area contributed by atoms with Gasteiger partial charge in [0.25, 0.3) is 0 Å². The summed E-state index contributed by atoms with van der Waals surface area (Å²) in [5.41, 5.74) is 0. The van der Waals surface area contributed by atoms with Crippen LogP contribution in [0, 0.1) is 0 Å². The van der Waals surface area contributed by atoms with Crippen LogP contribution in [0.5, 0.6) is 0 Å². The molecule has 0 bridgehead atoms. The summed E-state index contributed by atoms with van der Waals surface area (Å²) in [4.78, 5) is 22.0. The van der Waals surface area contributed by atoms with Gasteiger partial charge in [-0.3, -0.25) is 9.59 Å². The molecule has 1 rings (SSSR count). The highest BCUT2D eigenvalue weighted by molar-refractivity contribution is 7.19. The number of rotatable bonds is 4. The molecular weight excluding hydrogens is 216 g/mol. The van der Waals surface area contributed by atoms with E-state index < -0.39 is 0 Å². The maximum absolute atomic E-state index is 11.0. The number of amides is 2. The van der Waals surface area contributed by atoms with Gasteiger partial charge in [0.15, 0.2) is 0 Å². The van der Waals surface area contributed by atoms with Crippen molar-refractivity contribution in [2.45, 2.75) is 26.7 Å². The fraction of sp³-hybridized carbons (Fsp3) is 0.500. The number of anilines is 2. The zero-order chi connectivity index (χ0) is 11.3. The SMILES string of the molecule is CCC(=O)Nc1nnc(NC(=O)CC)s1. The van der Waals surface area contributed by atoms with Crippen molar-refractivity contribution in [3.8, 4) is 0 Å². The second-order valence-corrected chi connectivity index (χ2v) is 3.69. The average molecular weight is 228 g/mol. The van der Waals surface area contributed by atoms with E-state index in [1.165, 1.54) is 0 Å². The van der Waals surface area contributed by atoms with Gasteiger partial charge in [0.05, 0.1) is 0 Å². The van der Waals surface area contributed by atoms with Gasteiger partial charge < -0.3 is 10.6 Å². The van der Waals surface area contributed by atoms with Gasteiger partial charge in [0, 0.05) is 12.8 Å². The molecule has 1 aromatic heterocycles. The Labute approximate surface area is 91.1 Å². The van der Waals surface area contributed by atoms with E-state index >= 15 is 0 Å². The summed E-state index contributed by atoms with van der Waals surface area (Å²) in [6.07, 6.45) is 0.770. The maximum atomic E-state index is 11.0. The number of hydrogen-bond acceptors (Lipinski definition) is 5. The molecule has 0 saturated carbocycles. The number of nitrogens with one attached hydrogen (secondary N) is 2. The second kappa shape index (κ2) is 5.40. The third kappa shape index (κ3) is 3.62. The van der Waals surface area contributed by atoms with Gasteiger partial charge in [0.1, 0.15) is 0 Å². The number of hydrogen-bond donors (Lipinski definition) is 2. The summed E-state index contributed by atoms with van der Waals surface area (Å²) in [5.74, 6) is -0.251. The zero-order valence-electron chi connectivity index (χ0n) is 8.53. The van der Waals surface area contributed by atoms with Crippen molar-refractivity contribution < 1.29 is 9.59 Å². The van der Waals surface area contributed by atoms with E-state index in [9.17, 15) is 9.59 Å². The van der Waals surface area contributed by atoms with E-state index in [1.807, 2.05) is 0 Å². The number of nitrogens with zero attached hydrogens (tertiary/aromatic N) is 2. The topological polar surface area (TPSA) is 84.0 Å². The highest BCUT2D eigenvalue weighted by Gasteiger charge is 2.08. The van der Waals surface area contributed by atoms with Crippen molar-refractivity contribution in [3.63, 3.8) is 0 Å². The standard InChI is InChI=1S/C8H12N4O2S/c1-3-5(13)9-7-11-12-8(15-7)10-6(14)4-2/h3-4H2,1-2H3,(H,9,11,13)(H,10,12,14). The highest BCUT2D eigenvalue weighted by Crippen LogP contribution is 2.19. The largest absolute Gasteiger partial charge is 0.300 e. The van der Waals surface area contributed by atoms with Crippen molar-refractivity contribution >= 4 is 33.4 Å². The molecule has 0 atom stereocenters. The second-order valence-electron chi connectivity index (χ2n) is 2.72. The lowest BCUT2D eigenvalue weighted by atomic mass is 10.5. The summed E-state index contributed by atoms with van der Waals surface area (Å²) < 4.78 is 0. The Morgan fingerprint density at radius 2 is 1.47 bits per heavy atom. The smallest absolute Gasteiger partial charge is 0.225 e. The summed E-state index contributed by atoms with van der Waals surface area (Å²) in [7, 11) is 0. The predicted octanol–water partition coefficient (Wildman–Crippen LogP) is 1.24. The van der Waals surface area contributed by atoms with Gasteiger partial charge in [-0.25, -0.2) is 0 Å². The van der Waals surface area contributed by atoms with E-state index in [4.69, 9.17) is 0 Å². The molecule has 0 saturated heterocycles. The van der Waals surface area contributed by atoms with Crippen molar-refractivity contribution in [2.75, 3.05) is 10.6 Å². The van der Waals surface area contributed by atoms with Gasteiger partial charge in [-0.1, -0.05) is 25.2 Å². The molecular formula is C8H12N4O2S. The summed E-state index contributed by atoms with van der Waals surface area (Å²) in [6, 6.07) is 0. The van der Waals surface area contributed by atoms with Crippen LogP contribution in [0.2, 0.25) is 0 Å². The Balaban J connectivity index is 2.56. The lowest BCUT2D eigenvalue weighted by molar-refractivity contribution is -0.116. The first-order valence-corrected chi connectivity index (χ1v) is 5.40. The van der Waals surface area contributed by atoms with Crippen LogP contribution in [-0.4, -0.2) is 22.0 Å². The molecule has 1 aromatic rings. The average Bonchev–Trinajstić information content (AvgIpc) is 2.65. The van der Waals surface area contributed by atoms with E-state index in [1.54, 1.807) is 13.8 Å². The Hall–Kier alpha value is -1.50. The first-order valence-electron chi connectivity index (χ1n) is 4.59. The summed E-state index contributed by atoms with van der Waals surface area (Å²) >= 11 is 1.13. The fourth-order valence-electron chi connectivity index (χ4n) is 0.740. The molecule has 0 unspecified atom stereocenters. The minimum atomic E-state index is -0.125. The van der Waals surface area contributed by atoms with Gasteiger partial charge in [0.2, 0.25) is 22.1 Å². The fourth-order valence-corrected chi connectivity index (χ4v) is 1.42. The van der Waals surface area contributed by atoms with Crippen molar-refractivity contribution in [2.24, 2.45) is 0 Å². The molecule has 0 spiro atoms. The zero-order valence-corrected chi connectivity index (χ0v) is 9.35. The molecule has 0 fully saturated rings. The van der Waals surface area contributed by atoms with Crippen molar-refractivity contribution in [1.29, 1.82) is 0 Å². The minimum absolute atomic E-state index is 0.125. The molecule has 0 aliphatic carbocycles. The van der Waals surface area contributed by atoms with Crippen LogP contribution in [0.1, 0.15) is 26.7 Å². The third-order valence-electron chi connectivity index (χ3n) is 1.56. The molecule has 6 nitrogen and oxygen atoms in total. The summed E-state index contributed by atoms with van der Waals surface area (Å²) in [6.45, 7) is 3.49. The van der Waals surface area contributed by atoms with Crippen LogP contribution in [0.25, 0.3) is 0 Å². The molecule has 0 aromatic carbocycles. The van der Waals surface area contributed by atoms with Gasteiger partial charge in [-0.15, -0.1) is 10.2 Å². The highest BCUT2D eigenvalue weighted by atomic mass is 32.1. The predicted molar refractivity (Wildman–Crippen MR) is 57.8 cm³/mol. The molecule has 82 valence electrons. The normalized spacial score (nSPS) is 9.73. The van der Waals surface area contributed by atoms with Crippen LogP contribution in [-0.2, 0) is 9.59 Å². The van der Waals surface area contributed by atoms with Crippen LogP contribution >= 0.6 is 11.3 Å². The minimum Gasteiger partial charge on any atom is -0.300 e. The Morgan fingerprint density at radius 1 is 1.07 bits per heavy atom. The van der Waals surface area contributed by atoms with E-state index in [2.05, 4.69) is 20.8 Å². The number of carbonyl (C=O) groups is 2. The van der Waals surface area contributed by atoms with E-state index in [-0.39, 0.29) is 11.8 Å². The third-order valence-corrected chi connectivity index (χ3v) is 2.31. The lowest BCUT2D eigenvalue weighted by Crippen LogP contribution is -2.09. The van der Waals surface area contributed by atoms with Crippen LogP contribution in [0.15, 0.2) is 0 Å². The Kier molecular flexibility index (Phi) is 4.17. The molecule has 0 radical (unpaired) electrons. The number of carbonyl (C=O) groups excluding carboxylic acids is 2. The molecule has 7 heteroatoms. The van der Waals surface area contributed by atoms with Crippen LogP contribution < -0.4 is 10.6 Å². The van der Waals surface area contributed by atoms with E-state index in [0.717, 1.165) is 11.3 Å². The van der Waals surface area contributed by atoms with Crippen molar-refractivity contribution in [3.05, 3.63) is 0 Å². The van der Waals surface area contributed by atoms with Gasteiger partial charge in [-0.05, 0) is 0 Å². The first-order chi connectivity index (χ1) is 7.15. The maximum Gasteiger partial charge on any atom is 0.225 e. The quantitative estimate of drug-likeness (QED) is 0.812. The Morgan fingerprint density at radius 3 is 1.80 bits per heavy atom. The molecule has 0 aliphatic rings. The number of aromatic nitrogens is 2. The van der Waals surface area contributed by atoms with E-state index in [0.29, 0.717) is 23.1 Å². The van der Waals surface area contributed by atoms with Crippen LogP contribution in [0.4, 0.5) is 10.3 Å². The molecule has 1 heterocycles. The summed E-state index contributed by atoms with van der Waals surface area (Å²) in [5, 5.41) is 13.3.